The predicted molar refractivity (Wildman–Crippen MR) is 72.7 cm³/mol. The molecule has 3 rings (SSSR count). The number of para-hydroxylation sites is 1. The Kier molecular flexibility index (Phi) is 2.56. The number of hydrogen-bond acceptors (Lipinski definition) is 1. The zero-order chi connectivity index (χ0) is 11.8. The second-order valence-electron chi connectivity index (χ2n) is 4.53. The van der Waals surface area contributed by atoms with Crippen LogP contribution in [-0.2, 0) is 6.42 Å². The third-order valence-electron chi connectivity index (χ3n) is 3.38. The minimum atomic E-state index is 0.305. The van der Waals surface area contributed by atoms with Gasteiger partial charge in [-0.2, -0.15) is 0 Å². The first-order valence-electron chi connectivity index (χ1n) is 5.85. The van der Waals surface area contributed by atoms with Gasteiger partial charge in [0.05, 0.1) is 6.04 Å². The lowest BCUT2D eigenvalue weighted by Gasteiger charge is -2.13. The first-order valence-corrected chi connectivity index (χ1v) is 6.23. The standard InChI is InChI=1S/C15H14ClN/c1-10-5-4-6-11-9-14(17-15(10)11)12-7-2-3-8-13(12)16/h2-8,14,17H,9H2,1H3. The Hall–Kier alpha value is -1.47. The van der Waals surface area contributed by atoms with Crippen molar-refractivity contribution in [2.75, 3.05) is 5.32 Å². The highest BCUT2D eigenvalue weighted by Crippen LogP contribution is 2.38. The van der Waals surface area contributed by atoms with Crippen molar-refractivity contribution < 1.29 is 0 Å². The molecule has 0 bridgehead atoms. The van der Waals surface area contributed by atoms with Gasteiger partial charge in [0.25, 0.3) is 0 Å². The molecule has 0 spiro atoms. The Balaban J connectivity index is 1.97. The van der Waals surface area contributed by atoms with Crippen molar-refractivity contribution in [1.29, 1.82) is 0 Å². The minimum Gasteiger partial charge on any atom is -0.377 e. The van der Waals surface area contributed by atoms with E-state index in [9.17, 15) is 0 Å². The molecule has 0 saturated carbocycles. The van der Waals surface area contributed by atoms with Gasteiger partial charge in [0.2, 0.25) is 0 Å². The van der Waals surface area contributed by atoms with Gasteiger partial charge in [-0.3, -0.25) is 0 Å². The molecule has 2 heteroatoms. The Labute approximate surface area is 106 Å². The molecule has 1 nitrogen and oxygen atoms in total. The summed E-state index contributed by atoms with van der Waals surface area (Å²) < 4.78 is 0. The molecule has 0 saturated heterocycles. The molecule has 1 unspecified atom stereocenters. The van der Waals surface area contributed by atoms with Crippen molar-refractivity contribution in [3.63, 3.8) is 0 Å². The quantitative estimate of drug-likeness (QED) is 0.785. The van der Waals surface area contributed by atoms with E-state index in [1.54, 1.807) is 0 Å². The summed E-state index contributed by atoms with van der Waals surface area (Å²) in [4.78, 5) is 0. The van der Waals surface area contributed by atoms with E-state index in [-0.39, 0.29) is 0 Å². The number of aryl methyl sites for hydroxylation is 1. The fourth-order valence-corrected chi connectivity index (χ4v) is 2.76. The summed E-state index contributed by atoms with van der Waals surface area (Å²) in [6, 6.07) is 14.8. The second kappa shape index (κ2) is 4.08. The van der Waals surface area contributed by atoms with Crippen LogP contribution in [0, 0.1) is 6.92 Å². The largest absolute Gasteiger partial charge is 0.377 e. The van der Waals surface area contributed by atoms with Gasteiger partial charge in [0.1, 0.15) is 0 Å². The molecule has 1 aliphatic heterocycles. The van der Waals surface area contributed by atoms with E-state index in [1.807, 2.05) is 18.2 Å². The number of benzene rings is 2. The topological polar surface area (TPSA) is 12.0 Å². The first-order chi connectivity index (χ1) is 8.25. The zero-order valence-electron chi connectivity index (χ0n) is 9.70. The van der Waals surface area contributed by atoms with Gasteiger partial charge >= 0.3 is 0 Å². The number of nitrogens with one attached hydrogen (secondary N) is 1. The van der Waals surface area contributed by atoms with E-state index in [4.69, 9.17) is 11.6 Å². The summed E-state index contributed by atoms with van der Waals surface area (Å²) >= 11 is 6.25. The van der Waals surface area contributed by atoms with E-state index >= 15 is 0 Å². The predicted octanol–water partition coefficient (Wildman–Crippen LogP) is 4.36. The number of halogens is 1. The van der Waals surface area contributed by atoms with Crippen LogP contribution < -0.4 is 5.32 Å². The normalized spacial score (nSPS) is 17.6. The van der Waals surface area contributed by atoms with E-state index in [1.165, 1.54) is 22.4 Å². The summed E-state index contributed by atoms with van der Waals surface area (Å²) in [6.45, 7) is 2.14. The maximum Gasteiger partial charge on any atom is 0.0569 e. The van der Waals surface area contributed by atoms with Crippen LogP contribution in [0.4, 0.5) is 5.69 Å². The van der Waals surface area contributed by atoms with E-state index in [0.717, 1.165) is 11.4 Å². The van der Waals surface area contributed by atoms with Crippen LogP contribution >= 0.6 is 11.6 Å². The van der Waals surface area contributed by atoms with Crippen LogP contribution in [0.2, 0.25) is 5.02 Å². The monoisotopic (exact) mass is 243 g/mol. The molecule has 2 aromatic carbocycles. The molecule has 0 fully saturated rings. The van der Waals surface area contributed by atoms with Crippen molar-refractivity contribution in [2.24, 2.45) is 0 Å². The van der Waals surface area contributed by atoms with Crippen molar-refractivity contribution in [2.45, 2.75) is 19.4 Å². The molecular formula is C15H14ClN. The highest BCUT2D eigenvalue weighted by atomic mass is 35.5. The molecule has 1 aliphatic rings. The summed E-state index contributed by atoms with van der Waals surface area (Å²) in [5, 5.41) is 4.42. The highest BCUT2D eigenvalue weighted by Gasteiger charge is 2.24. The second-order valence-corrected chi connectivity index (χ2v) is 4.94. The van der Waals surface area contributed by atoms with Crippen molar-refractivity contribution >= 4 is 17.3 Å². The number of rotatable bonds is 1. The van der Waals surface area contributed by atoms with Crippen molar-refractivity contribution in [3.8, 4) is 0 Å². The molecule has 86 valence electrons. The summed E-state index contributed by atoms with van der Waals surface area (Å²) in [6.07, 6.45) is 1.01. The van der Waals surface area contributed by atoms with Crippen molar-refractivity contribution in [1.82, 2.24) is 0 Å². The molecule has 1 heterocycles. The van der Waals surface area contributed by atoms with Gasteiger partial charge in [-0.1, -0.05) is 48.0 Å². The van der Waals surface area contributed by atoms with E-state index in [2.05, 4.69) is 36.5 Å². The Morgan fingerprint density at radius 2 is 1.94 bits per heavy atom. The van der Waals surface area contributed by atoms with Crippen LogP contribution in [-0.4, -0.2) is 0 Å². The minimum absolute atomic E-state index is 0.305. The molecule has 0 aliphatic carbocycles. The molecule has 0 radical (unpaired) electrons. The van der Waals surface area contributed by atoms with Crippen molar-refractivity contribution in [3.05, 3.63) is 64.2 Å². The maximum absolute atomic E-state index is 6.25. The molecular weight excluding hydrogens is 230 g/mol. The van der Waals surface area contributed by atoms with E-state index < -0.39 is 0 Å². The number of anilines is 1. The Morgan fingerprint density at radius 3 is 2.71 bits per heavy atom. The van der Waals surface area contributed by atoms with Gasteiger partial charge in [-0.05, 0) is 36.1 Å². The summed E-state index contributed by atoms with van der Waals surface area (Å²) in [7, 11) is 0. The molecule has 1 atom stereocenters. The fourth-order valence-electron chi connectivity index (χ4n) is 2.50. The number of hydrogen-bond donors (Lipinski definition) is 1. The SMILES string of the molecule is Cc1cccc2c1NC(c1ccccc1Cl)C2. The van der Waals surface area contributed by atoms with Gasteiger partial charge in [-0.25, -0.2) is 0 Å². The van der Waals surface area contributed by atoms with Gasteiger partial charge in [0.15, 0.2) is 0 Å². The van der Waals surface area contributed by atoms with Gasteiger partial charge in [0, 0.05) is 10.7 Å². The third kappa shape index (κ3) is 1.81. The third-order valence-corrected chi connectivity index (χ3v) is 3.73. The van der Waals surface area contributed by atoms with Crippen LogP contribution in [0.5, 0.6) is 0 Å². The lowest BCUT2D eigenvalue weighted by Crippen LogP contribution is -2.06. The molecule has 17 heavy (non-hydrogen) atoms. The molecule has 2 aromatic rings. The summed E-state index contributed by atoms with van der Waals surface area (Å²) in [5.41, 5.74) is 5.15. The number of fused-ring (bicyclic) bond motifs is 1. The Morgan fingerprint density at radius 1 is 1.12 bits per heavy atom. The van der Waals surface area contributed by atoms with Gasteiger partial charge in [-0.15, -0.1) is 0 Å². The summed E-state index contributed by atoms with van der Waals surface area (Å²) in [5.74, 6) is 0. The fraction of sp³-hybridized carbons (Fsp3) is 0.200. The first kappa shape index (κ1) is 10.7. The lowest BCUT2D eigenvalue weighted by molar-refractivity contribution is 0.824. The van der Waals surface area contributed by atoms with E-state index in [0.29, 0.717) is 6.04 Å². The molecule has 0 amide bonds. The highest BCUT2D eigenvalue weighted by molar-refractivity contribution is 6.31. The van der Waals surface area contributed by atoms with Crippen LogP contribution in [0.15, 0.2) is 42.5 Å². The van der Waals surface area contributed by atoms with Crippen LogP contribution in [0.3, 0.4) is 0 Å². The molecule has 1 N–H and O–H groups in total. The molecule has 0 aromatic heterocycles. The average Bonchev–Trinajstić information content (AvgIpc) is 2.75. The maximum atomic E-state index is 6.25. The Bertz CT molecular complexity index is 563. The zero-order valence-corrected chi connectivity index (χ0v) is 10.5. The van der Waals surface area contributed by atoms with Crippen LogP contribution in [0.25, 0.3) is 0 Å². The smallest absolute Gasteiger partial charge is 0.0569 e. The van der Waals surface area contributed by atoms with Crippen LogP contribution in [0.1, 0.15) is 22.7 Å². The van der Waals surface area contributed by atoms with Gasteiger partial charge < -0.3 is 5.32 Å². The average molecular weight is 244 g/mol. The lowest BCUT2D eigenvalue weighted by atomic mass is 10.0.